The number of ether oxygens (including phenoxy) is 2. The zero-order valence-corrected chi connectivity index (χ0v) is 19.5. The number of benzene rings is 2. The highest BCUT2D eigenvalue weighted by Crippen LogP contribution is 2.43. The van der Waals surface area contributed by atoms with Crippen molar-refractivity contribution in [3.05, 3.63) is 95.1 Å². The number of rotatable bonds is 7. The summed E-state index contributed by atoms with van der Waals surface area (Å²) in [5.74, 6) is -0.900. The average molecular weight is 417 g/mol. The zero-order chi connectivity index (χ0) is 22.3. The smallest absolute Gasteiger partial charge is 0.222 e. The highest BCUT2D eigenvalue weighted by molar-refractivity contribution is 5.88. The molecule has 0 bridgehead atoms. The first-order chi connectivity index (χ1) is 15.0. The van der Waals surface area contributed by atoms with Gasteiger partial charge in [0.2, 0.25) is 5.79 Å². The van der Waals surface area contributed by atoms with Crippen molar-refractivity contribution in [2.45, 2.75) is 59.2 Å². The van der Waals surface area contributed by atoms with Gasteiger partial charge in [-0.15, -0.1) is 6.58 Å². The van der Waals surface area contributed by atoms with Crippen LogP contribution in [0, 0.1) is 6.92 Å². The molecule has 164 valence electrons. The van der Waals surface area contributed by atoms with Crippen LogP contribution < -0.4 is 0 Å². The molecular formula is C29H36O2. The third kappa shape index (κ3) is 5.44. The van der Waals surface area contributed by atoms with E-state index in [4.69, 9.17) is 9.47 Å². The molecule has 1 aliphatic heterocycles. The van der Waals surface area contributed by atoms with Gasteiger partial charge in [-0.25, -0.2) is 0 Å². The molecular weight excluding hydrogens is 380 g/mol. The summed E-state index contributed by atoms with van der Waals surface area (Å²) in [4.78, 5) is 0. The second-order valence-corrected chi connectivity index (χ2v) is 8.53. The summed E-state index contributed by atoms with van der Waals surface area (Å²) < 4.78 is 13.2. The molecule has 0 aliphatic carbocycles. The maximum atomic E-state index is 6.61. The topological polar surface area (TPSA) is 18.5 Å². The fourth-order valence-corrected chi connectivity index (χ4v) is 4.21. The SMILES string of the molecule is C=C(C)CC\C=C/C(C)=C/C(=C\C)C1(c2c(C)ccc3ccccc23)OCCCCO1. The lowest BCUT2D eigenvalue weighted by atomic mass is 9.87. The minimum Gasteiger partial charge on any atom is -0.342 e. The highest BCUT2D eigenvalue weighted by Gasteiger charge is 2.41. The maximum Gasteiger partial charge on any atom is 0.222 e. The molecule has 0 radical (unpaired) electrons. The summed E-state index contributed by atoms with van der Waals surface area (Å²) in [5, 5.41) is 2.39. The van der Waals surface area contributed by atoms with Crippen molar-refractivity contribution in [3.8, 4) is 0 Å². The lowest BCUT2D eigenvalue weighted by Crippen LogP contribution is -2.35. The fourth-order valence-electron chi connectivity index (χ4n) is 4.21. The number of fused-ring (bicyclic) bond motifs is 1. The van der Waals surface area contributed by atoms with E-state index < -0.39 is 5.79 Å². The summed E-state index contributed by atoms with van der Waals surface area (Å²) in [7, 11) is 0. The van der Waals surface area contributed by atoms with Gasteiger partial charge in [0.05, 0.1) is 13.2 Å². The minimum absolute atomic E-state index is 0.682. The zero-order valence-electron chi connectivity index (χ0n) is 19.5. The number of aryl methyl sites for hydroxylation is 1. The van der Waals surface area contributed by atoms with E-state index >= 15 is 0 Å². The molecule has 0 amide bonds. The maximum absolute atomic E-state index is 6.61. The van der Waals surface area contributed by atoms with Crippen LogP contribution >= 0.6 is 0 Å². The Morgan fingerprint density at radius 2 is 1.77 bits per heavy atom. The third-order valence-electron chi connectivity index (χ3n) is 5.81. The van der Waals surface area contributed by atoms with E-state index in [1.165, 1.54) is 27.5 Å². The molecule has 0 N–H and O–H groups in total. The van der Waals surface area contributed by atoms with E-state index in [9.17, 15) is 0 Å². The van der Waals surface area contributed by atoms with Crippen LogP contribution in [-0.4, -0.2) is 13.2 Å². The first-order valence-corrected chi connectivity index (χ1v) is 11.4. The summed E-state index contributed by atoms with van der Waals surface area (Å²) >= 11 is 0. The van der Waals surface area contributed by atoms with E-state index in [0.717, 1.165) is 36.8 Å². The first kappa shape index (κ1) is 23.2. The van der Waals surface area contributed by atoms with E-state index in [2.05, 4.69) is 95.0 Å². The quantitative estimate of drug-likeness (QED) is 0.337. The largest absolute Gasteiger partial charge is 0.342 e. The Balaban J connectivity index is 2.10. The van der Waals surface area contributed by atoms with Crippen LogP contribution in [0.3, 0.4) is 0 Å². The molecule has 2 aromatic rings. The molecule has 1 aliphatic rings. The predicted octanol–water partition coefficient (Wildman–Crippen LogP) is 7.93. The molecule has 0 saturated carbocycles. The van der Waals surface area contributed by atoms with Gasteiger partial charge in [-0.2, -0.15) is 0 Å². The standard InChI is InChI=1S/C29H36O2/c1-6-26(21-23(4)14-8-7-13-22(2)3)29(30-19-11-12-20-31-29)28-24(5)17-18-25-15-9-10-16-27(25)28/h6,8-10,14-18,21H,2,7,11-13,19-20H2,1,3-5H3/b14-8-,23-21+,26-6+. The van der Waals surface area contributed by atoms with Crippen LogP contribution in [-0.2, 0) is 15.3 Å². The Bertz CT molecular complexity index is 999. The molecule has 2 aromatic carbocycles. The predicted molar refractivity (Wildman–Crippen MR) is 132 cm³/mol. The Labute approximate surface area is 188 Å². The van der Waals surface area contributed by atoms with E-state index in [-0.39, 0.29) is 0 Å². The Morgan fingerprint density at radius 1 is 1.06 bits per heavy atom. The van der Waals surface area contributed by atoms with Crippen molar-refractivity contribution in [2.24, 2.45) is 0 Å². The van der Waals surface area contributed by atoms with Gasteiger partial charge in [0.15, 0.2) is 0 Å². The van der Waals surface area contributed by atoms with Crippen molar-refractivity contribution in [2.75, 3.05) is 13.2 Å². The van der Waals surface area contributed by atoms with Crippen molar-refractivity contribution >= 4 is 10.8 Å². The van der Waals surface area contributed by atoms with Crippen molar-refractivity contribution in [1.29, 1.82) is 0 Å². The van der Waals surface area contributed by atoms with Gasteiger partial charge >= 0.3 is 0 Å². The van der Waals surface area contributed by atoms with Crippen LogP contribution in [0.25, 0.3) is 10.8 Å². The lowest BCUT2D eigenvalue weighted by Gasteiger charge is -2.36. The minimum atomic E-state index is -0.900. The third-order valence-corrected chi connectivity index (χ3v) is 5.81. The highest BCUT2D eigenvalue weighted by atomic mass is 16.7. The number of allylic oxidation sites excluding steroid dienone is 5. The molecule has 1 saturated heterocycles. The lowest BCUT2D eigenvalue weighted by molar-refractivity contribution is -0.204. The number of hydrogen-bond acceptors (Lipinski definition) is 2. The average Bonchev–Trinajstić information content (AvgIpc) is 3.01. The summed E-state index contributed by atoms with van der Waals surface area (Å²) in [6.45, 7) is 13.8. The van der Waals surface area contributed by atoms with Gasteiger partial charge in [-0.05, 0) is 69.7 Å². The van der Waals surface area contributed by atoms with Crippen molar-refractivity contribution in [1.82, 2.24) is 0 Å². The van der Waals surface area contributed by atoms with E-state index in [1.54, 1.807) is 0 Å². The van der Waals surface area contributed by atoms with Gasteiger partial charge in [-0.3, -0.25) is 0 Å². The van der Waals surface area contributed by atoms with Gasteiger partial charge in [0, 0.05) is 11.1 Å². The Hall–Kier alpha value is -2.42. The van der Waals surface area contributed by atoms with Gasteiger partial charge in [-0.1, -0.05) is 71.8 Å². The first-order valence-electron chi connectivity index (χ1n) is 11.4. The normalized spacial score (nSPS) is 17.8. The van der Waals surface area contributed by atoms with Crippen LogP contribution in [0.5, 0.6) is 0 Å². The molecule has 2 nitrogen and oxygen atoms in total. The second-order valence-electron chi connectivity index (χ2n) is 8.53. The van der Waals surface area contributed by atoms with Crippen LogP contribution in [0.1, 0.15) is 57.6 Å². The fraction of sp³-hybridized carbons (Fsp3) is 0.379. The van der Waals surface area contributed by atoms with Crippen LogP contribution in [0.2, 0.25) is 0 Å². The van der Waals surface area contributed by atoms with Gasteiger partial charge < -0.3 is 9.47 Å². The molecule has 1 heterocycles. The van der Waals surface area contributed by atoms with Gasteiger partial charge in [0.25, 0.3) is 0 Å². The molecule has 0 aromatic heterocycles. The molecule has 0 unspecified atom stereocenters. The molecule has 3 rings (SSSR count). The van der Waals surface area contributed by atoms with Crippen LogP contribution in [0.15, 0.2) is 84.0 Å². The molecule has 31 heavy (non-hydrogen) atoms. The summed E-state index contributed by atoms with van der Waals surface area (Å²) in [6, 6.07) is 12.9. The molecule has 1 fully saturated rings. The monoisotopic (exact) mass is 416 g/mol. The molecule has 0 atom stereocenters. The summed E-state index contributed by atoms with van der Waals surface area (Å²) in [6.07, 6.45) is 12.8. The van der Waals surface area contributed by atoms with Gasteiger partial charge in [0.1, 0.15) is 0 Å². The Kier molecular flexibility index (Phi) is 8.06. The van der Waals surface area contributed by atoms with E-state index in [0.29, 0.717) is 13.2 Å². The Morgan fingerprint density at radius 3 is 2.45 bits per heavy atom. The number of hydrogen-bond donors (Lipinski definition) is 0. The van der Waals surface area contributed by atoms with Crippen molar-refractivity contribution < 1.29 is 9.47 Å². The molecule has 2 heteroatoms. The van der Waals surface area contributed by atoms with E-state index in [1.807, 2.05) is 0 Å². The van der Waals surface area contributed by atoms with Crippen molar-refractivity contribution in [3.63, 3.8) is 0 Å². The summed E-state index contributed by atoms with van der Waals surface area (Å²) in [5.41, 5.74) is 5.75. The van der Waals surface area contributed by atoms with Crippen LogP contribution in [0.4, 0.5) is 0 Å². The second kappa shape index (κ2) is 10.7. The molecule has 0 spiro atoms.